The van der Waals surface area contributed by atoms with Crippen LogP contribution in [-0.4, -0.2) is 16.2 Å². The summed E-state index contributed by atoms with van der Waals surface area (Å²) in [6.45, 7) is 3.34. The minimum atomic E-state index is -0.728. The maximum Gasteiger partial charge on any atom is 0.260 e. The first-order chi connectivity index (χ1) is 8.47. The van der Waals surface area contributed by atoms with Gasteiger partial charge in [-0.1, -0.05) is 5.16 Å². The molecule has 0 bridgehead atoms. The van der Waals surface area contributed by atoms with Crippen molar-refractivity contribution in [3.8, 4) is 11.5 Å². The van der Waals surface area contributed by atoms with E-state index < -0.39 is 11.6 Å². The molecule has 6 heteroatoms. The monoisotopic (exact) mass is 253 g/mol. The molecule has 0 radical (unpaired) electrons. The smallest absolute Gasteiger partial charge is 0.260 e. The Morgan fingerprint density at radius 2 is 2.06 bits per heavy atom. The van der Waals surface area contributed by atoms with Gasteiger partial charge in [0, 0.05) is 18.5 Å². The highest BCUT2D eigenvalue weighted by Crippen LogP contribution is 2.24. The summed E-state index contributed by atoms with van der Waals surface area (Å²) in [6, 6.07) is 2.03. The number of benzene rings is 1. The van der Waals surface area contributed by atoms with Crippen LogP contribution in [0.15, 0.2) is 16.7 Å². The Hall–Kier alpha value is -1.82. The number of aromatic nitrogens is 2. The van der Waals surface area contributed by atoms with E-state index in [1.165, 1.54) is 13.0 Å². The topological polar surface area (TPSA) is 64.9 Å². The fraction of sp³-hybridized carbons (Fsp3) is 0.333. The average molecular weight is 253 g/mol. The summed E-state index contributed by atoms with van der Waals surface area (Å²) in [5.74, 6) is -0.895. The fourth-order valence-corrected chi connectivity index (χ4v) is 1.56. The Balaban J connectivity index is 2.37. The lowest BCUT2D eigenvalue weighted by molar-refractivity contribution is 0.418. The largest absolute Gasteiger partial charge is 0.334 e. The Morgan fingerprint density at radius 3 is 2.72 bits per heavy atom. The summed E-state index contributed by atoms with van der Waals surface area (Å²) in [5, 5.41) is 3.70. The van der Waals surface area contributed by atoms with E-state index in [2.05, 4.69) is 10.1 Å². The third kappa shape index (κ3) is 2.53. The third-order valence-corrected chi connectivity index (χ3v) is 2.45. The molecular formula is C12H13F2N3O. The van der Waals surface area contributed by atoms with Gasteiger partial charge in [0.2, 0.25) is 0 Å². The van der Waals surface area contributed by atoms with Gasteiger partial charge < -0.3 is 10.3 Å². The van der Waals surface area contributed by atoms with E-state index in [0.717, 1.165) is 6.07 Å². The maximum atomic E-state index is 13.6. The standard InChI is InChI=1S/C12H13F2N3O/c1-6-3-8(10(14)5-9(6)13)12-16-11(17-18-12)4-7(2)15/h3,5,7H,4,15H2,1-2H3. The van der Waals surface area contributed by atoms with E-state index in [1.54, 1.807) is 6.92 Å². The van der Waals surface area contributed by atoms with E-state index in [0.29, 0.717) is 17.8 Å². The average Bonchev–Trinajstić information content (AvgIpc) is 2.70. The predicted molar refractivity (Wildman–Crippen MR) is 61.7 cm³/mol. The van der Waals surface area contributed by atoms with Crippen LogP contribution in [0.3, 0.4) is 0 Å². The van der Waals surface area contributed by atoms with Crippen LogP contribution in [0.25, 0.3) is 11.5 Å². The van der Waals surface area contributed by atoms with Gasteiger partial charge in [-0.15, -0.1) is 0 Å². The van der Waals surface area contributed by atoms with Crippen molar-refractivity contribution < 1.29 is 13.3 Å². The molecule has 2 rings (SSSR count). The lowest BCUT2D eigenvalue weighted by Gasteiger charge is -2.01. The molecule has 4 nitrogen and oxygen atoms in total. The normalized spacial score (nSPS) is 12.7. The zero-order valence-corrected chi connectivity index (χ0v) is 10.1. The summed E-state index contributed by atoms with van der Waals surface area (Å²) in [5.41, 5.74) is 6.01. The predicted octanol–water partition coefficient (Wildman–Crippen LogP) is 2.21. The molecule has 0 aliphatic heterocycles. The number of hydrogen-bond acceptors (Lipinski definition) is 4. The molecular weight excluding hydrogens is 240 g/mol. The molecule has 1 unspecified atom stereocenters. The van der Waals surface area contributed by atoms with Crippen molar-refractivity contribution >= 4 is 0 Å². The number of nitrogens with two attached hydrogens (primary N) is 1. The Morgan fingerprint density at radius 1 is 1.33 bits per heavy atom. The molecule has 0 aliphatic carbocycles. The van der Waals surface area contributed by atoms with Crippen LogP contribution in [-0.2, 0) is 6.42 Å². The summed E-state index contributed by atoms with van der Waals surface area (Å²) >= 11 is 0. The van der Waals surface area contributed by atoms with Crippen molar-refractivity contribution in [2.45, 2.75) is 26.3 Å². The zero-order chi connectivity index (χ0) is 13.3. The highest BCUT2D eigenvalue weighted by Gasteiger charge is 2.16. The third-order valence-electron chi connectivity index (χ3n) is 2.45. The summed E-state index contributed by atoms with van der Waals surface area (Å²) in [6.07, 6.45) is 0.436. The van der Waals surface area contributed by atoms with Crippen molar-refractivity contribution in [1.29, 1.82) is 0 Å². The number of rotatable bonds is 3. The van der Waals surface area contributed by atoms with Crippen LogP contribution < -0.4 is 5.73 Å². The van der Waals surface area contributed by atoms with Crippen molar-refractivity contribution in [3.63, 3.8) is 0 Å². The highest BCUT2D eigenvalue weighted by molar-refractivity contribution is 5.55. The van der Waals surface area contributed by atoms with Gasteiger partial charge in [0.1, 0.15) is 11.6 Å². The Labute approximate surface area is 103 Å². The van der Waals surface area contributed by atoms with Crippen LogP contribution in [0.5, 0.6) is 0 Å². The molecule has 2 aromatic rings. The molecule has 0 saturated heterocycles. The first kappa shape index (κ1) is 12.6. The quantitative estimate of drug-likeness (QED) is 0.910. The molecule has 0 aliphatic rings. The molecule has 1 heterocycles. The number of nitrogens with zero attached hydrogens (tertiary/aromatic N) is 2. The maximum absolute atomic E-state index is 13.6. The van der Waals surface area contributed by atoms with Crippen molar-refractivity contribution in [2.24, 2.45) is 5.73 Å². The van der Waals surface area contributed by atoms with Gasteiger partial charge >= 0.3 is 0 Å². The van der Waals surface area contributed by atoms with Crippen LogP contribution >= 0.6 is 0 Å². The second kappa shape index (κ2) is 4.81. The van der Waals surface area contributed by atoms with E-state index in [-0.39, 0.29) is 17.5 Å². The molecule has 2 N–H and O–H groups in total. The number of aryl methyl sites for hydroxylation is 1. The van der Waals surface area contributed by atoms with Gasteiger partial charge in [-0.25, -0.2) is 8.78 Å². The number of hydrogen-bond donors (Lipinski definition) is 1. The second-order valence-corrected chi connectivity index (χ2v) is 4.28. The molecule has 0 spiro atoms. The molecule has 0 amide bonds. The molecule has 0 saturated carbocycles. The van der Waals surface area contributed by atoms with Gasteiger partial charge in [0.05, 0.1) is 5.56 Å². The minimum absolute atomic E-state index is 0.0336. The summed E-state index contributed by atoms with van der Waals surface area (Å²) < 4.78 is 31.7. The first-order valence-corrected chi connectivity index (χ1v) is 5.51. The van der Waals surface area contributed by atoms with Crippen molar-refractivity contribution in [3.05, 3.63) is 35.2 Å². The second-order valence-electron chi connectivity index (χ2n) is 4.28. The zero-order valence-electron chi connectivity index (χ0n) is 10.1. The Kier molecular flexibility index (Phi) is 3.38. The van der Waals surface area contributed by atoms with Gasteiger partial charge in [0.15, 0.2) is 5.82 Å². The number of halogens is 2. The van der Waals surface area contributed by atoms with Crippen molar-refractivity contribution in [2.75, 3.05) is 0 Å². The van der Waals surface area contributed by atoms with Crippen LogP contribution in [0.1, 0.15) is 18.3 Å². The first-order valence-electron chi connectivity index (χ1n) is 5.51. The van der Waals surface area contributed by atoms with Gasteiger partial charge in [0.25, 0.3) is 5.89 Å². The lowest BCUT2D eigenvalue weighted by Crippen LogP contribution is -2.18. The summed E-state index contributed by atoms with van der Waals surface area (Å²) in [4.78, 5) is 4.03. The molecule has 1 aromatic heterocycles. The molecule has 96 valence electrons. The lowest BCUT2D eigenvalue weighted by atomic mass is 10.1. The SMILES string of the molecule is Cc1cc(-c2nc(CC(C)N)no2)c(F)cc1F. The van der Waals surface area contributed by atoms with E-state index in [1.807, 2.05) is 0 Å². The van der Waals surface area contributed by atoms with Crippen LogP contribution in [0.2, 0.25) is 0 Å². The highest BCUT2D eigenvalue weighted by atomic mass is 19.1. The van der Waals surface area contributed by atoms with E-state index >= 15 is 0 Å². The van der Waals surface area contributed by atoms with E-state index in [9.17, 15) is 8.78 Å². The fourth-order valence-electron chi connectivity index (χ4n) is 1.56. The molecule has 1 aromatic carbocycles. The van der Waals surface area contributed by atoms with E-state index in [4.69, 9.17) is 10.3 Å². The minimum Gasteiger partial charge on any atom is -0.334 e. The van der Waals surface area contributed by atoms with Crippen molar-refractivity contribution in [1.82, 2.24) is 10.1 Å². The molecule has 18 heavy (non-hydrogen) atoms. The van der Waals surface area contributed by atoms with Gasteiger partial charge in [-0.05, 0) is 25.5 Å². The van der Waals surface area contributed by atoms with Gasteiger partial charge in [-0.2, -0.15) is 4.98 Å². The molecule has 0 fully saturated rings. The van der Waals surface area contributed by atoms with Crippen LogP contribution in [0, 0.1) is 18.6 Å². The van der Waals surface area contributed by atoms with Gasteiger partial charge in [-0.3, -0.25) is 0 Å². The summed E-state index contributed by atoms with van der Waals surface area (Å²) in [7, 11) is 0. The van der Waals surface area contributed by atoms with Crippen LogP contribution in [0.4, 0.5) is 8.78 Å². The Bertz CT molecular complexity index is 566. The molecule has 1 atom stereocenters.